The van der Waals surface area contributed by atoms with Gasteiger partial charge >= 0.3 is 0 Å². The molecule has 0 aliphatic heterocycles. The largest absolute Gasteiger partial charge is 0.325 e. The van der Waals surface area contributed by atoms with Gasteiger partial charge < -0.3 is 5.32 Å². The number of amides is 1. The average molecular weight is 347 g/mol. The van der Waals surface area contributed by atoms with E-state index < -0.39 is 17.5 Å². The standard InChI is InChI=1S/C17H15F2N3OS/c1-9-10(2)13(7-20)17(21-11(9)3)24-8-16(23)22-12-4-5-14(18)15(19)6-12/h4-6H,8H2,1-3H3,(H,22,23). The fraction of sp³-hybridized carbons (Fsp3) is 0.235. The van der Waals surface area contributed by atoms with Gasteiger partial charge in [-0.1, -0.05) is 11.8 Å². The summed E-state index contributed by atoms with van der Waals surface area (Å²) in [6.45, 7) is 5.58. The summed E-state index contributed by atoms with van der Waals surface area (Å²) in [5.74, 6) is -2.40. The molecule has 1 amide bonds. The van der Waals surface area contributed by atoms with Crippen molar-refractivity contribution in [2.45, 2.75) is 25.8 Å². The number of anilines is 1. The highest BCUT2D eigenvalue weighted by atomic mass is 32.2. The highest BCUT2D eigenvalue weighted by Crippen LogP contribution is 2.26. The maximum atomic E-state index is 13.1. The fourth-order valence-electron chi connectivity index (χ4n) is 2.05. The van der Waals surface area contributed by atoms with Crippen LogP contribution in [0, 0.1) is 43.7 Å². The molecule has 0 spiro atoms. The van der Waals surface area contributed by atoms with Crippen LogP contribution in [0.2, 0.25) is 0 Å². The van der Waals surface area contributed by atoms with Gasteiger partial charge in [0.05, 0.1) is 11.3 Å². The molecule has 2 rings (SSSR count). The molecule has 1 heterocycles. The predicted molar refractivity (Wildman–Crippen MR) is 88.9 cm³/mol. The van der Waals surface area contributed by atoms with Gasteiger partial charge in [-0.2, -0.15) is 5.26 Å². The molecule has 24 heavy (non-hydrogen) atoms. The van der Waals surface area contributed by atoms with Gasteiger partial charge in [-0.05, 0) is 44.0 Å². The molecule has 1 aromatic carbocycles. The van der Waals surface area contributed by atoms with Crippen LogP contribution in [0.5, 0.6) is 0 Å². The van der Waals surface area contributed by atoms with Crippen molar-refractivity contribution in [1.29, 1.82) is 5.26 Å². The third-order valence-electron chi connectivity index (χ3n) is 3.62. The van der Waals surface area contributed by atoms with E-state index in [-0.39, 0.29) is 11.4 Å². The Labute approximate surface area is 142 Å². The first-order valence-corrected chi connectivity index (χ1v) is 8.07. The lowest BCUT2D eigenvalue weighted by molar-refractivity contribution is -0.113. The molecule has 124 valence electrons. The van der Waals surface area contributed by atoms with E-state index in [0.29, 0.717) is 10.6 Å². The maximum Gasteiger partial charge on any atom is 0.234 e. The van der Waals surface area contributed by atoms with E-state index in [4.69, 9.17) is 0 Å². The van der Waals surface area contributed by atoms with Crippen LogP contribution in [0.1, 0.15) is 22.4 Å². The number of nitriles is 1. The second kappa shape index (κ2) is 7.41. The summed E-state index contributed by atoms with van der Waals surface area (Å²) in [5.41, 5.74) is 3.21. The third-order valence-corrected chi connectivity index (χ3v) is 4.59. The Morgan fingerprint density at radius 1 is 1.25 bits per heavy atom. The number of nitrogens with one attached hydrogen (secondary N) is 1. The molecule has 4 nitrogen and oxygen atoms in total. The molecule has 0 fully saturated rings. The Balaban J connectivity index is 2.09. The monoisotopic (exact) mass is 347 g/mol. The van der Waals surface area contributed by atoms with Crippen LogP contribution in [0.4, 0.5) is 14.5 Å². The Morgan fingerprint density at radius 3 is 2.58 bits per heavy atom. The van der Waals surface area contributed by atoms with Crippen LogP contribution in [-0.2, 0) is 4.79 Å². The van der Waals surface area contributed by atoms with Crippen LogP contribution in [0.25, 0.3) is 0 Å². The minimum atomic E-state index is -1.03. The summed E-state index contributed by atoms with van der Waals surface area (Å²) >= 11 is 1.13. The molecule has 7 heteroatoms. The number of pyridine rings is 1. The van der Waals surface area contributed by atoms with Crippen molar-refractivity contribution in [3.05, 3.63) is 52.2 Å². The van der Waals surface area contributed by atoms with Gasteiger partial charge in [0.2, 0.25) is 5.91 Å². The fourth-order valence-corrected chi connectivity index (χ4v) is 2.94. The lowest BCUT2D eigenvalue weighted by Gasteiger charge is -2.11. The summed E-state index contributed by atoms with van der Waals surface area (Å²) in [4.78, 5) is 16.3. The number of thioether (sulfide) groups is 1. The molecule has 0 radical (unpaired) electrons. The zero-order valence-electron chi connectivity index (χ0n) is 13.4. The number of benzene rings is 1. The zero-order valence-corrected chi connectivity index (χ0v) is 14.2. The van der Waals surface area contributed by atoms with Gasteiger partial charge in [-0.3, -0.25) is 4.79 Å². The van der Waals surface area contributed by atoms with Crippen molar-refractivity contribution >= 4 is 23.4 Å². The maximum absolute atomic E-state index is 13.1. The molecule has 0 atom stereocenters. The average Bonchev–Trinajstić information content (AvgIpc) is 2.54. The molecule has 0 bridgehead atoms. The van der Waals surface area contributed by atoms with Crippen LogP contribution in [-0.4, -0.2) is 16.6 Å². The van der Waals surface area contributed by atoms with Gasteiger partial charge in [-0.25, -0.2) is 13.8 Å². The zero-order chi connectivity index (χ0) is 17.9. The summed E-state index contributed by atoms with van der Waals surface area (Å²) in [6, 6.07) is 5.25. The van der Waals surface area contributed by atoms with Crippen LogP contribution in [0.3, 0.4) is 0 Å². The minimum absolute atomic E-state index is 0.00260. The summed E-state index contributed by atoms with van der Waals surface area (Å²) in [6.07, 6.45) is 0. The van der Waals surface area contributed by atoms with E-state index in [2.05, 4.69) is 16.4 Å². The predicted octanol–water partition coefficient (Wildman–Crippen LogP) is 3.89. The molecule has 2 aromatic rings. The van der Waals surface area contributed by atoms with Crippen molar-refractivity contribution in [1.82, 2.24) is 4.98 Å². The molecule has 0 unspecified atom stereocenters. The molecular weight excluding hydrogens is 332 g/mol. The van der Waals surface area contributed by atoms with E-state index in [1.807, 2.05) is 20.8 Å². The third kappa shape index (κ3) is 3.89. The van der Waals surface area contributed by atoms with E-state index in [1.165, 1.54) is 6.07 Å². The molecular formula is C17H15F2N3OS. The smallest absolute Gasteiger partial charge is 0.234 e. The van der Waals surface area contributed by atoms with Crippen molar-refractivity contribution < 1.29 is 13.6 Å². The lowest BCUT2D eigenvalue weighted by atomic mass is 10.1. The Morgan fingerprint density at radius 2 is 1.96 bits per heavy atom. The Bertz CT molecular complexity index is 847. The number of aromatic nitrogens is 1. The quantitative estimate of drug-likeness (QED) is 0.852. The van der Waals surface area contributed by atoms with E-state index >= 15 is 0 Å². The van der Waals surface area contributed by atoms with Crippen molar-refractivity contribution in [2.24, 2.45) is 0 Å². The number of hydrogen-bond acceptors (Lipinski definition) is 4. The number of carbonyl (C=O) groups is 1. The summed E-state index contributed by atoms with van der Waals surface area (Å²) in [5, 5.41) is 12.3. The number of aryl methyl sites for hydroxylation is 1. The Kier molecular flexibility index (Phi) is 5.52. The number of nitrogens with zero attached hydrogens (tertiary/aromatic N) is 2. The number of hydrogen-bond donors (Lipinski definition) is 1. The summed E-state index contributed by atoms with van der Waals surface area (Å²) < 4.78 is 26.0. The van der Waals surface area contributed by atoms with Gasteiger partial charge in [0.15, 0.2) is 11.6 Å². The molecule has 0 aliphatic rings. The van der Waals surface area contributed by atoms with Crippen molar-refractivity contribution in [3.8, 4) is 6.07 Å². The molecule has 1 aromatic heterocycles. The van der Waals surface area contributed by atoms with Gasteiger partial charge in [0, 0.05) is 17.4 Å². The van der Waals surface area contributed by atoms with Crippen LogP contribution >= 0.6 is 11.8 Å². The topological polar surface area (TPSA) is 65.8 Å². The number of carbonyl (C=O) groups excluding carboxylic acids is 1. The molecule has 0 saturated heterocycles. The second-order valence-corrected chi connectivity index (χ2v) is 6.17. The Hall–Kier alpha value is -2.46. The molecule has 1 N–H and O–H groups in total. The lowest BCUT2D eigenvalue weighted by Crippen LogP contribution is -2.14. The van der Waals surface area contributed by atoms with E-state index in [1.54, 1.807) is 0 Å². The first kappa shape index (κ1) is 17.9. The highest BCUT2D eigenvalue weighted by molar-refractivity contribution is 8.00. The number of rotatable bonds is 4. The second-order valence-electron chi connectivity index (χ2n) is 5.20. The first-order valence-electron chi connectivity index (χ1n) is 7.09. The van der Waals surface area contributed by atoms with Gasteiger partial charge in [0.1, 0.15) is 11.1 Å². The van der Waals surface area contributed by atoms with Crippen LogP contribution < -0.4 is 5.32 Å². The normalized spacial score (nSPS) is 10.3. The molecule has 0 saturated carbocycles. The molecule has 0 aliphatic carbocycles. The van der Waals surface area contributed by atoms with E-state index in [9.17, 15) is 18.8 Å². The van der Waals surface area contributed by atoms with Crippen molar-refractivity contribution in [3.63, 3.8) is 0 Å². The van der Waals surface area contributed by atoms with Gasteiger partial charge in [-0.15, -0.1) is 0 Å². The van der Waals surface area contributed by atoms with Gasteiger partial charge in [0.25, 0.3) is 0 Å². The van der Waals surface area contributed by atoms with Crippen molar-refractivity contribution in [2.75, 3.05) is 11.1 Å². The van der Waals surface area contributed by atoms with E-state index in [0.717, 1.165) is 40.7 Å². The number of halogens is 2. The van der Waals surface area contributed by atoms with Crippen LogP contribution in [0.15, 0.2) is 23.2 Å². The SMILES string of the molecule is Cc1nc(SCC(=O)Nc2ccc(F)c(F)c2)c(C#N)c(C)c1C. The minimum Gasteiger partial charge on any atom is -0.325 e. The highest BCUT2D eigenvalue weighted by Gasteiger charge is 2.14. The summed E-state index contributed by atoms with van der Waals surface area (Å²) in [7, 11) is 0. The first-order chi connectivity index (χ1) is 11.3.